The van der Waals surface area contributed by atoms with E-state index in [1.165, 1.54) is 29.1 Å². The Labute approximate surface area is 276 Å². The highest BCUT2D eigenvalue weighted by atomic mass is 32.2. The van der Waals surface area contributed by atoms with Gasteiger partial charge in [-0.1, -0.05) is 0 Å². The minimum atomic E-state index is -4.22. The van der Waals surface area contributed by atoms with Gasteiger partial charge in [-0.25, -0.2) is 18.6 Å². The Morgan fingerprint density at radius 3 is 2.60 bits per heavy atom. The summed E-state index contributed by atoms with van der Waals surface area (Å²) in [5.74, 6) is -1.47. The van der Waals surface area contributed by atoms with Crippen LogP contribution < -0.4 is 15.0 Å². The molecule has 3 aliphatic rings. The smallest absolute Gasteiger partial charge is 0.410 e. The van der Waals surface area contributed by atoms with Gasteiger partial charge in [0, 0.05) is 26.2 Å². The topological polar surface area (TPSA) is 156 Å². The van der Waals surface area contributed by atoms with Crippen molar-refractivity contribution in [2.24, 2.45) is 0 Å². The van der Waals surface area contributed by atoms with Crippen LogP contribution in [0.25, 0.3) is 10.9 Å². The number of rotatable bonds is 6. The fourth-order valence-corrected chi connectivity index (χ4v) is 7.57. The number of carbonyl (C=O) groups excluding carboxylic acids is 1. The highest BCUT2D eigenvalue weighted by Crippen LogP contribution is 2.41. The molecule has 2 aromatic carbocycles. The number of aromatic nitrogens is 2. The quantitative estimate of drug-likeness (QED) is 0.391. The molecule has 0 radical (unpaired) electrons. The number of amides is 1. The fourth-order valence-electron chi connectivity index (χ4n) is 6.29. The molecule has 1 spiro atoms. The van der Waals surface area contributed by atoms with Crippen molar-refractivity contribution >= 4 is 32.9 Å². The second kappa shape index (κ2) is 12.6. The number of fused-ring (bicyclic) bond motifs is 1. The number of hydrogen-bond acceptors (Lipinski definition) is 9. The van der Waals surface area contributed by atoms with E-state index >= 15 is 4.39 Å². The summed E-state index contributed by atoms with van der Waals surface area (Å²) >= 11 is 0. The minimum absolute atomic E-state index is 0.0167. The molecular formula is C32H36F2N6O7S. The molecule has 1 amide bonds. The Bertz CT molecular complexity index is 1950. The van der Waals surface area contributed by atoms with Gasteiger partial charge < -0.3 is 19.1 Å². The van der Waals surface area contributed by atoms with Crippen molar-refractivity contribution in [1.29, 1.82) is 5.26 Å². The van der Waals surface area contributed by atoms with Crippen LogP contribution in [-0.2, 0) is 19.7 Å². The minimum Gasteiger partial charge on any atom is -0.453 e. The third-order valence-electron chi connectivity index (χ3n) is 8.78. The molecule has 2 atom stereocenters. The van der Waals surface area contributed by atoms with Crippen molar-refractivity contribution in [1.82, 2.24) is 18.8 Å². The summed E-state index contributed by atoms with van der Waals surface area (Å²) in [4.78, 5) is 32.3. The normalized spacial score (nSPS) is 21.4. The number of alkyl halides is 1. The molecule has 1 unspecified atom stereocenters. The molecule has 0 aliphatic carbocycles. The van der Waals surface area contributed by atoms with Gasteiger partial charge in [-0.05, 0) is 76.8 Å². The number of halogens is 2. The van der Waals surface area contributed by atoms with Crippen molar-refractivity contribution in [2.45, 2.75) is 69.9 Å². The molecule has 3 fully saturated rings. The van der Waals surface area contributed by atoms with Crippen LogP contribution in [0.15, 0.2) is 41.5 Å². The summed E-state index contributed by atoms with van der Waals surface area (Å²) in [6.07, 6.45) is 1.56. The first-order valence-electron chi connectivity index (χ1n) is 15.6. The van der Waals surface area contributed by atoms with E-state index in [0.717, 1.165) is 16.4 Å². The van der Waals surface area contributed by atoms with Crippen molar-refractivity contribution in [3.8, 4) is 17.6 Å². The van der Waals surface area contributed by atoms with E-state index in [-0.39, 0.29) is 60.6 Å². The monoisotopic (exact) mass is 686 g/mol. The predicted octanol–water partition coefficient (Wildman–Crippen LogP) is 4.63. The largest absolute Gasteiger partial charge is 0.453 e. The predicted molar refractivity (Wildman–Crippen MR) is 170 cm³/mol. The lowest BCUT2D eigenvalue weighted by Gasteiger charge is -2.39. The molecule has 4 heterocycles. The van der Waals surface area contributed by atoms with E-state index in [1.54, 1.807) is 11.0 Å². The average Bonchev–Trinajstić information content (AvgIpc) is 3.65. The maximum absolute atomic E-state index is 15.0. The highest BCUT2D eigenvalue weighted by Gasteiger charge is 2.45. The van der Waals surface area contributed by atoms with E-state index in [4.69, 9.17) is 14.2 Å². The van der Waals surface area contributed by atoms with E-state index in [0.29, 0.717) is 37.9 Å². The van der Waals surface area contributed by atoms with Crippen LogP contribution in [-0.4, -0.2) is 83.4 Å². The Kier molecular flexibility index (Phi) is 8.81. The summed E-state index contributed by atoms with van der Waals surface area (Å²) in [7, 11) is -4.22. The van der Waals surface area contributed by atoms with Gasteiger partial charge in [0.15, 0.2) is 11.6 Å². The van der Waals surface area contributed by atoms with Gasteiger partial charge in [-0.3, -0.25) is 14.1 Å². The molecule has 16 heteroatoms. The van der Waals surface area contributed by atoms with Gasteiger partial charge in [-0.15, -0.1) is 0 Å². The lowest BCUT2D eigenvalue weighted by molar-refractivity contribution is -0.0486. The number of piperidine rings is 1. The molecule has 6 rings (SSSR count). The Morgan fingerprint density at radius 2 is 1.94 bits per heavy atom. The maximum atomic E-state index is 15.0. The molecule has 13 nitrogen and oxygen atoms in total. The van der Waals surface area contributed by atoms with Crippen molar-refractivity contribution in [2.75, 3.05) is 37.5 Å². The second-order valence-electron chi connectivity index (χ2n) is 13.3. The van der Waals surface area contributed by atoms with E-state index < -0.39 is 44.7 Å². The van der Waals surface area contributed by atoms with Crippen molar-refractivity contribution in [3.63, 3.8) is 0 Å². The number of anilines is 1. The first-order chi connectivity index (χ1) is 22.7. The zero-order valence-corrected chi connectivity index (χ0v) is 27.6. The molecule has 0 bridgehead atoms. The number of benzene rings is 2. The Morgan fingerprint density at radius 1 is 1.19 bits per heavy atom. The molecule has 3 aromatic rings. The van der Waals surface area contributed by atoms with Crippen molar-refractivity contribution < 1.29 is 36.2 Å². The molecule has 3 aliphatic heterocycles. The number of ether oxygens (including phenoxy) is 3. The van der Waals surface area contributed by atoms with Crippen LogP contribution in [0.2, 0.25) is 0 Å². The van der Waals surface area contributed by atoms with Crippen LogP contribution in [0.4, 0.5) is 19.3 Å². The number of nitriles is 1. The van der Waals surface area contributed by atoms with Crippen LogP contribution in [0.3, 0.4) is 0 Å². The van der Waals surface area contributed by atoms with Crippen LogP contribution >= 0.6 is 0 Å². The van der Waals surface area contributed by atoms with Gasteiger partial charge in [0.25, 0.3) is 5.56 Å². The van der Waals surface area contributed by atoms with E-state index in [9.17, 15) is 27.7 Å². The van der Waals surface area contributed by atoms with Crippen molar-refractivity contribution in [3.05, 3.63) is 58.4 Å². The highest BCUT2D eigenvalue weighted by molar-refractivity contribution is 7.90. The molecular weight excluding hydrogens is 650 g/mol. The van der Waals surface area contributed by atoms with Gasteiger partial charge in [-0.2, -0.15) is 18.0 Å². The SMILES string of the molecule is CC(C)(C)OC(=O)N1CCC2(CC1)CC(n1cnc3ccc(Oc4c(F)ccc(NS(=O)(=O)N5CC[C@@H](F)C5)c4C#N)cc3c1=O)CO2. The molecule has 256 valence electrons. The molecule has 1 N–H and O–H groups in total. The molecule has 48 heavy (non-hydrogen) atoms. The lowest BCUT2D eigenvalue weighted by atomic mass is 9.87. The number of carbonyl (C=O) groups is 1. The zero-order chi connectivity index (χ0) is 34.4. The lowest BCUT2D eigenvalue weighted by Crippen LogP contribution is -2.48. The van der Waals surface area contributed by atoms with Crippen LogP contribution in [0.1, 0.15) is 58.1 Å². The summed E-state index contributed by atoms with van der Waals surface area (Å²) in [5.41, 5.74) is -1.77. The van der Waals surface area contributed by atoms with Crippen LogP contribution in [0.5, 0.6) is 11.5 Å². The zero-order valence-electron chi connectivity index (χ0n) is 26.7. The maximum Gasteiger partial charge on any atom is 0.410 e. The van der Waals surface area contributed by atoms with Gasteiger partial charge in [0.1, 0.15) is 29.2 Å². The first kappa shape index (κ1) is 33.6. The third-order valence-corrected chi connectivity index (χ3v) is 10.3. The summed E-state index contributed by atoms with van der Waals surface area (Å²) in [5, 5.41) is 10.0. The molecule has 0 saturated carbocycles. The summed E-state index contributed by atoms with van der Waals surface area (Å²) in [6, 6.07) is 7.85. The standard InChI is InChI=1S/C32H36F2N6O7S/c1-31(2,3)47-30(42)38-12-9-32(10-13-38)15-21(18-45-32)40-19-36-26-6-4-22(14-23(26)29(40)41)46-28-24(16-35)27(7-5-25(28)34)37-48(43,44)39-11-8-20(33)17-39/h4-7,14,19-21,37H,8-13,15,17-18H2,1-3H3/t20-,21?/m1/s1. The first-order valence-corrected chi connectivity index (χ1v) is 17.1. The number of likely N-dealkylation sites (tertiary alicyclic amines) is 1. The Hall–Kier alpha value is -4.33. The fraction of sp³-hybridized carbons (Fsp3) is 0.500. The second-order valence-corrected chi connectivity index (χ2v) is 15.0. The van der Waals surface area contributed by atoms with Crippen LogP contribution in [0, 0.1) is 17.1 Å². The number of nitrogens with zero attached hydrogens (tertiary/aromatic N) is 5. The van der Waals surface area contributed by atoms with E-state index in [1.807, 2.05) is 20.8 Å². The third kappa shape index (κ3) is 6.80. The van der Waals surface area contributed by atoms with Gasteiger partial charge in [0.05, 0.1) is 41.2 Å². The average molecular weight is 687 g/mol. The Balaban J connectivity index is 1.20. The molecule has 1 aromatic heterocycles. The van der Waals surface area contributed by atoms with Gasteiger partial charge in [0.2, 0.25) is 0 Å². The number of nitrogens with one attached hydrogen (secondary N) is 1. The van der Waals surface area contributed by atoms with E-state index in [2.05, 4.69) is 9.71 Å². The molecule has 3 saturated heterocycles. The van der Waals surface area contributed by atoms with Gasteiger partial charge >= 0.3 is 16.3 Å². The summed E-state index contributed by atoms with van der Waals surface area (Å²) in [6.45, 7) is 6.30. The number of hydrogen-bond donors (Lipinski definition) is 1. The summed E-state index contributed by atoms with van der Waals surface area (Å²) < 4.78 is 76.4.